The molecule has 0 radical (unpaired) electrons. The molecule has 4 aromatic rings. The summed E-state index contributed by atoms with van der Waals surface area (Å²) < 4.78 is 15.9. The highest BCUT2D eigenvalue weighted by Crippen LogP contribution is 2.38. The minimum Gasteiger partial charge on any atom is -0.495 e. The zero-order valence-corrected chi connectivity index (χ0v) is 23.1. The maximum absolute atomic E-state index is 13.5. The first-order valence-corrected chi connectivity index (χ1v) is 13.2. The van der Waals surface area contributed by atoms with E-state index in [-0.39, 0.29) is 11.8 Å². The summed E-state index contributed by atoms with van der Waals surface area (Å²) >= 11 is 7.54. The van der Waals surface area contributed by atoms with Gasteiger partial charge in [-0.05, 0) is 66.2 Å². The van der Waals surface area contributed by atoms with Crippen molar-refractivity contribution in [1.82, 2.24) is 0 Å². The molecule has 0 saturated carbocycles. The molecule has 0 saturated heterocycles. The van der Waals surface area contributed by atoms with Crippen LogP contribution in [0.3, 0.4) is 0 Å². The molecule has 0 aliphatic heterocycles. The topological polar surface area (TPSA) is 85.9 Å². The maximum Gasteiger partial charge on any atom is 0.255 e. The molecule has 0 aliphatic carbocycles. The first-order valence-electron chi connectivity index (χ1n) is 11.9. The van der Waals surface area contributed by atoms with Crippen LogP contribution in [0.5, 0.6) is 17.2 Å². The number of rotatable bonds is 10. The largest absolute Gasteiger partial charge is 0.495 e. The van der Waals surface area contributed by atoms with Crippen LogP contribution in [0.2, 0.25) is 5.02 Å². The molecule has 1 unspecified atom stereocenters. The molecule has 0 aromatic heterocycles. The minimum absolute atomic E-state index is 0.224. The third-order valence-electron chi connectivity index (χ3n) is 5.77. The first-order chi connectivity index (χ1) is 18.9. The van der Waals surface area contributed by atoms with Crippen molar-refractivity contribution in [3.63, 3.8) is 0 Å². The number of ether oxygens (including phenoxy) is 3. The molecule has 2 N–H and O–H groups in total. The van der Waals surface area contributed by atoms with E-state index in [4.69, 9.17) is 25.8 Å². The Morgan fingerprint density at radius 2 is 1.41 bits per heavy atom. The monoisotopic (exact) mass is 562 g/mol. The van der Waals surface area contributed by atoms with Gasteiger partial charge in [-0.2, -0.15) is 0 Å². The van der Waals surface area contributed by atoms with E-state index in [2.05, 4.69) is 10.6 Å². The number of hydrogen-bond donors (Lipinski definition) is 2. The number of halogens is 1. The van der Waals surface area contributed by atoms with Gasteiger partial charge in [-0.1, -0.05) is 41.9 Å². The molecule has 1 atom stereocenters. The lowest BCUT2D eigenvalue weighted by atomic mass is 10.1. The second-order valence-corrected chi connectivity index (χ2v) is 9.91. The van der Waals surface area contributed by atoms with E-state index < -0.39 is 5.25 Å². The quantitative estimate of drug-likeness (QED) is 0.201. The van der Waals surface area contributed by atoms with Crippen LogP contribution in [0.25, 0.3) is 0 Å². The Morgan fingerprint density at radius 1 is 0.744 bits per heavy atom. The van der Waals surface area contributed by atoms with Crippen LogP contribution in [0.15, 0.2) is 95.9 Å². The second kappa shape index (κ2) is 13.1. The number of amides is 2. The van der Waals surface area contributed by atoms with Crippen LogP contribution in [0.4, 0.5) is 11.4 Å². The summed E-state index contributed by atoms with van der Waals surface area (Å²) in [5.41, 5.74) is 2.38. The Bertz CT molecular complexity index is 1450. The van der Waals surface area contributed by atoms with Crippen molar-refractivity contribution in [2.24, 2.45) is 0 Å². The normalized spacial score (nSPS) is 11.3. The van der Waals surface area contributed by atoms with Crippen molar-refractivity contribution in [2.75, 3.05) is 32.0 Å². The molecule has 0 heterocycles. The summed E-state index contributed by atoms with van der Waals surface area (Å²) in [5.74, 6) is 1.02. The average molecular weight is 563 g/mol. The summed E-state index contributed by atoms with van der Waals surface area (Å²) in [6, 6.07) is 26.8. The Labute approximate surface area is 236 Å². The molecule has 4 rings (SSSR count). The lowest BCUT2D eigenvalue weighted by Crippen LogP contribution is -2.19. The van der Waals surface area contributed by atoms with Crippen molar-refractivity contribution in [2.45, 2.75) is 10.1 Å². The van der Waals surface area contributed by atoms with Gasteiger partial charge >= 0.3 is 0 Å². The lowest BCUT2D eigenvalue weighted by molar-refractivity contribution is -0.115. The first kappa shape index (κ1) is 27.9. The van der Waals surface area contributed by atoms with E-state index in [9.17, 15) is 9.59 Å². The van der Waals surface area contributed by atoms with Gasteiger partial charge in [-0.3, -0.25) is 9.59 Å². The molecule has 0 bridgehead atoms. The minimum atomic E-state index is -0.554. The predicted molar refractivity (Wildman–Crippen MR) is 156 cm³/mol. The molecule has 200 valence electrons. The van der Waals surface area contributed by atoms with Crippen molar-refractivity contribution in [3.05, 3.63) is 107 Å². The molecule has 39 heavy (non-hydrogen) atoms. The Balaban J connectivity index is 1.50. The van der Waals surface area contributed by atoms with Crippen LogP contribution in [-0.4, -0.2) is 33.1 Å². The third-order valence-corrected chi connectivity index (χ3v) is 7.27. The van der Waals surface area contributed by atoms with Gasteiger partial charge < -0.3 is 24.8 Å². The molecular formula is C30H27ClN2O5S. The highest BCUT2D eigenvalue weighted by molar-refractivity contribution is 8.00. The van der Waals surface area contributed by atoms with Gasteiger partial charge in [-0.15, -0.1) is 11.8 Å². The molecular weight excluding hydrogens is 536 g/mol. The fraction of sp³-hybridized carbons (Fsp3) is 0.133. The molecule has 0 spiro atoms. The van der Waals surface area contributed by atoms with Gasteiger partial charge in [-0.25, -0.2) is 0 Å². The highest BCUT2D eigenvalue weighted by atomic mass is 35.5. The van der Waals surface area contributed by atoms with Crippen LogP contribution in [0.1, 0.15) is 21.2 Å². The maximum atomic E-state index is 13.5. The van der Waals surface area contributed by atoms with Crippen LogP contribution in [0, 0.1) is 0 Å². The van der Waals surface area contributed by atoms with Gasteiger partial charge in [0.1, 0.15) is 11.0 Å². The summed E-state index contributed by atoms with van der Waals surface area (Å²) in [4.78, 5) is 27.1. The van der Waals surface area contributed by atoms with Crippen LogP contribution in [-0.2, 0) is 4.79 Å². The van der Waals surface area contributed by atoms with Crippen molar-refractivity contribution in [3.8, 4) is 17.2 Å². The van der Waals surface area contributed by atoms with Crippen molar-refractivity contribution >= 4 is 46.6 Å². The van der Waals surface area contributed by atoms with Gasteiger partial charge in [0.05, 0.1) is 27.0 Å². The molecule has 9 heteroatoms. The fourth-order valence-electron chi connectivity index (χ4n) is 3.81. The molecule has 2 amide bonds. The molecule has 0 fully saturated rings. The Hall–Kier alpha value is -4.14. The van der Waals surface area contributed by atoms with Gasteiger partial charge in [0.15, 0.2) is 11.5 Å². The van der Waals surface area contributed by atoms with E-state index in [1.165, 1.54) is 33.1 Å². The standard InChI is InChI=1S/C30H27ClN2O5S/c1-36-25-16-10-21(31)18-24(25)33-30(35)28(19-7-5-4-6-8-19)39-23-13-11-22(12-14-23)32-29(34)20-9-15-26(37-2)27(17-20)38-3/h4-18,28H,1-3H3,(H,32,34)(H,33,35). The molecule has 0 aliphatic rings. The Morgan fingerprint density at radius 3 is 2.08 bits per heavy atom. The van der Waals surface area contributed by atoms with Crippen LogP contribution < -0.4 is 24.8 Å². The zero-order valence-electron chi connectivity index (χ0n) is 21.6. The van der Waals surface area contributed by atoms with E-state index in [0.29, 0.717) is 39.2 Å². The summed E-state index contributed by atoms with van der Waals surface area (Å²) in [5, 5.41) is 5.76. The van der Waals surface area contributed by atoms with E-state index in [1.54, 1.807) is 48.5 Å². The number of nitrogens with one attached hydrogen (secondary N) is 2. The number of benzene rings is 4. The summed E-state index contributed by atoms with van der Waals surface area (Å²) in [6.45, 7) is 0. The number of carbonyl (C=O) groups excluding carboxylic acids is 2. The Kier molecular flexibility index (Phi) is 9.35. The van der Waals surface area contributed by atoms with E-state index in [0.717, 1.165) is 10.5 Å². The second-order valence-electron chi connectivity index (χ2n) is 8.29. The highest BCUT2D eigenvalue weighted by Gasteiger charge is 2.23. The molecule has 4 aromatic carbocycles. The van der Waals surface area contributed by atoms with E-state index in [1.807, 2.05) is 42.5 Å². The number of anilines is 2. The predicted octanol–water partition coefficient (Wildman–Crippen LogP) is 7.09. The lowest BCUT2D eigenvalue weighted by Gasteiger charge is -2.18. The SMILES string of the molecule is COc1ccc(Cl)cc1NC(=O)C(Sc1ccc(NC(=O)c2ccc(OC)c(OC)c2)cc1)c1ccccc1. The van der Waals surface area contributed by atoms with Gasteiger partial charge in [0.25, 0.3) is 5.91 Å². The van der Waals surface area contributed by atoms with Crippen molar-refractivity contribution < 1.29 is 23.8 Å². The van der Waals surface area contributed by atoms with E-state index >= 15 is 0 Å². The van der Waals surface area contributed by atoms with Crippen LogP contribution >= 0.6 is 23.4 Å². The smallest absolute Gasteiger partial charge is 0.255 e. The summed E-state index contributed by atoms with van der Waals surface area (Å²) in [7, 11) is 4.59. The van der Waals surface area contributed by atoms with Gasteiger partial charge in [0.2, 0.25) is 5.91 Å². The van der Waals surface area contributed by atoms with Gasteiger partial charge in [0, 0.05) is 21.2 Å². The number of methoxy groups -OCH3 is 3. The zero-order chi connectivity index (χ0) is 27.8. The summed E-state index contributed by atoms with van der Waals surface area (Å²) in [6.07, 6.45) is 0. The molecule has 7 nitrogen and oxygen atoms in total. The third kappa shape index (κ3) is 7.04. The number of thioether (sulfide) groups is 1. The fourth-order valence-corrected chi connectivity index (χ4v) is 5.01. The average Bonchev–Trinajstić information content (AvgIpc) is 2.96. The number of carbonyl (C=O) groups is 2. The number of hydrogen-bond acceptors (Lipinski definition) is 6. The van der Waals surface area contributed by atoms with Crippen molar-refractivity contribution in [1.29, 1.82) is 0 Å².